The van der Waals surface area contributed by atoms with E-state index >= 15 is 0 Å². The molecule has 1 aromatic rings. The first kappa shape index (κ1) is 9.98. The van der Waals surface area contributed by atoms with Crippen molar-refractivity contribution in [3.63, 3.8) is 0 Å². The topological polar surface area (TPSA) is 53.6 Å². The summed E-state index contributed by atoms with van der Waals surface area (Å²) in [6.45, 7) is 1.19. The second-order valence-electron chi connectivity index (χ2n) is 3.57. The van der Waals surface area contributed by atoms with E-state index in [1.54, 1.807) is 18.1 Å². The van der Waals surface area contributed by atoms with Crippen LogP contribution in [0.25, 0.3) is 0 Å². The molecular weight excluding hydrogens is 196 g/mol. The van der Waals surface area contributed by atoms with Gasteiger partial charge in [-0.25, -0.2) is 4.98 Å². The van der Waals surface area contributed by atoms with Gasteiger partial charge in [0.15, 0.2) is 5.16 Å². The first-order valence-corrected chi connectivity index (χ1v) is 6.15. The van der Waals surface area contributed by atoms with E-state index in [9.17, 15) is 0 Å². The molecule has 78 valence electrons. The molecule has 1 aromatic heterocycles. The van der Waals surface area contributed by atoms with E-state index in [-0.39, 0.29) is 0 Å². The Kier molecular flexibility index (Phi) is 3.82. The monoisotopic (exact) mass is 212 g/mol. The normalized spacial score (nSPS) is 22.4. The van der Waals surface area contributed by atoms with Crippen LogP contribution in [0.3, 0.4) is 0 Å². The van der Waals surface area contributed by atoms with Crippen LogP contribution in [0.4, 0.5) is 0 Å². The minimum absolute atomic E-state index is 0.721. The Balaban J connectivity index is 1.62. The van der Waals surface area contributed by atoms with E-state index in [1.807, 2.05) is 0 Å². The fourth-order valence-electron chi connectivity index (χ4n) is 1.73. The van der Waals surface area contributed by atoms with Gasteiger partial charge in [0.2, 0.25) is 0 Å². The van der Waals surface area contributed by atoms with Crippen molar-refractivity contribution in [2.75, 3.05) is 12.3 Å². The minimum Gasteiger partial charge on any atom is -0.314 e. The van der Waals surface area contributed by atoms with Gasteiger partial charge in [0.1, 0.15) is 6.33 Å². The van der Waals surface area contributed by atoms with Crippen molar-refractivity contribution in [3.8, 4) is 0 Å². The zero-order valence-corrected chi connectivity index (χ0v) is 9.02. The molecule has 0 aromatic carbocycles. The number of nitrogens with one attached hydrogen (secondary N) is 2. The van der Waals surface area contributed by atoms with Crippen LogP contribution in [0.1, 0.15) is 25.7 Å². The maximum atomic E-state index is 4.07. The van der Waals surface area contributed by atoms with Crippen LogP contribution in [0.2, 0.25) is 0 Å². The van der Waals surface area contributed by atoms with Crippen molar-refractivity contribution in [3.05, 3.63) is 6.33 Å². The molecule has 1 atom stereocenters. The molecule has 0 amide bonds. The summed E-state index contributed by atoms with van der Waals surface area (Å²) in [6, 6.07) is 0.721. The Hall–Kier alpha value is -0.550. The van der Waals surface area contributed by atoms with Gasteiger partial charge in [-0.3, -0.25) is 5.10 Å². The van der Waals surface area contributed by atoms with Crippen LogP contribution in [0.5, 0.6) is 0 Å². The number of H-pyrrole nitrogens is 1. The van der Waals surface area contributed by atoms with Crippen molar-refractivity contribution in [1.29, 1.82) is 0 Å². The van der Waals surface area contributed by atoms with Gasteiger partial charge >= 0.3 is 0 Å². The largest absolute Gasteiger partial charge is 0.314 e. The Morgan fingerprint density at radius 2 is 2.50 bits per heavy atom. The summed E-state index contributed by atoms with van der Waals surface area (Å²) in [5.74, 6) is 1.12. The maximum absolute atomic E-state index is 4.07. The van der Waals surface area contributed by atoms with Gasteiger partial charge in [-0.05, 0) is 25.8 Å². The molecule has 0 bridgehead atoms. The Morgan fingerprint density at radius 1 is 1.50 bits per heavy atom. The molecule has 1 fully saturated rings. The summed E-state index contributed by atoms with van der Waals surface area (Å²) in [5, 5.41) is 11.1. The molecule has 0 radical (unpaired) electrons. The van der Waals surface area contributed by atoms with Crippen LogP contribution in [0.15, 0.2) is 11.5 Å². The van der Waals surface area contributed by atoms with E-state index in [4.69, 9.17) is 0 Å². The molecule has 2 rings (SSSR count). The number of rotatable bonds is 4. The molecule has 0 aliphatic carbocycles. The number of nitrogens with zero attached hydrogens (tertiary/aromatic N) is 2. The highest BCUT2D eigenvalue weighted by Crippen LogP contribution is 2.16. The fraction of sp³-hybridized carbons (Fsp3) is 0.778. The summed E-state index contributed by atoms with van der Waals surface area (Å²) in [6.07, 6.45) is 6.83. The molecule has 14 heavy (non-hydrogen) atoms. The smallest absolute Gasteiger partial charge is 0.183 e. The lowest BCUT2D eigenvalue weighted by Gasteiger charge is -2.22. The van der Waals surface area contributed by atoms with E-state index in [1.165, 1.54) is 32.2 Å². The molecule has 1 saturated heterocycles. The third kappa shape index (κ3) is 2.99. The minimum atomic E-state index is 0.721. The summed E-state index contributed by atoms with van der Waals surface area (Å²) in [5.41, 5.74) is 0. The SMILES string of the molecule is c1n[nH]c(SCCC2CCCCN2)n1. The average molecular weight is 212 g/mol. The number of hydrogen-bond acceptors (Lipinski definition) is 4. The average Bonchev–Trinajstić information content (AvgIpc) is 2.72. The zero-order chi connectivity index (χ0) is 9.64. The molecule has 1 aliphatic rings. The highest BCUT2D eigenvalue weighted by molar-refractivity contribution is 7.99. The van der Waals surface area contributed by atoms with Crippen molar-refractivity contribution in [2.24, 2.45) is 0 Å². The predicted octanol–water partition coefficient (Wildman–Crippen LogP) is 1.43. The number of piperidine rings is 1. The van der Waals surface area contributed by atoms with Gasteiger partial charge in [-0.1, -0.05) is 18.2 Å². The molecule has 1 aliphatic heterocycles. The lowest BCUT2D eigenvalue weighted by Crippen LogP contribution is -2.34. The molecule has 4 nitrogen and oxygen atoms in total. The third-order valence-corrected chi connectivity index (χ3v) is 3.42. The molecule has 1 unspecified atom stereocenters. The first-order chi connectivity index (χ1) is 6.95. The quantitative estimate of drug-likeness (QED) is 0.741. The summed E-state index contributed by atoms with van der Waals surface area (Å²) < 4.78 is 0. The van der Waals surface area contributed by atoms with Gasteiger partial charge in [0.05, 0.1) is 0 Å². The van der Waals surface area contributed by atoms with Crippen LogP contribution < -0.4 is 5.32 Å². The molecule has 0 spiro atoms. The standard InChI is InChI=1S/C9H16N4S/c1-2-5-10-8(3-1)4-6-14-9-11-7-12-13-9/h7-8,10H,1-6H2,(H,11,12,13). The van der Waals surface area contributed by atoms with Gasteiger partial charge in [0.25, 0.3) is 0 Å². The van der Waals surface area contributed by atoms with Crippen LogP contribution in [0, 0.1) is 0 Å². The van der Waals surface area contributed by atoms with E-state index in [0.29, 0.717) is 0 Å². The predicted molar refractivity (Wildman–Crippen MR) is 57.4 cm³/mol. The second kappa shape index (κ2) is 5.36. The van der Waals surface area contributed by atoms with E-state index < -0.39 is 0 Å². The van der Waals surface area contributed by atoms with Crippen molar-refractivity contribution >= 4 is 11.8 Å². The van der Waals surface area contributed by atoms with Crippen LogP contribution in [-0.4, -0.2) is 33.5 Å². The van der Waals surface area contributed by atoms with Gasteiger partial charge < -0.3 is 5.32 Å². The fourth-order valence-corrected chi connectivity index (χ4v) is 2.57. The summed E-state index contributed by atoms with van der Waals surface area (Å²) in [4.78, 5) is 4.07. The number of aromatic nitrogens is 3. The highest BCUT2D eigenvalue weighted by Gasteiger charge is 2.11. The molecule has 5 heteroatoms. The van der Waals surface area contributed by atoms with Gasteiger partial charge in [0, 0.05) is 11.8 Å². The van der Waals surface area contributed by atoms with Crippen LogP contribution in [-0.2, 0) is 0 Å². The van der Waals surface area contributed by atoms with E-state index in [0.717, 1.165) is 17.0 Å². The second-order valence-corrected chi connectivity index (χ2v) is 4.66. The van der Waals surface area contributed by atoms with Crippen molar-refractivity contribution in [1.82, 2.24) is 20.5 Å². The third-order valence-electron chi connectivity index (χ3n) is 2.51. The van der Waals surface area contributed by atoms with Gasteiger partial charge in [-0.15, -0.1) is 0 Å². The molecule has 0 saturated carbocycles. The van der Waals surface area contributed by atoms with Crippen molar-refractivity contribution < 1.29 is 0 Å². The lowest BCUT2D eigenvalue weighted by atomic mass is 10.0. The van der Waals surface area contributed by atoms with Crippen molar-refractivity contribution in [2.45, 2.75) is 36.9 Å². The Labute approximate surface area is 88.3 Å². The number of aromatic amines is 1. The molecule has 2 N–H and O–H groups in total. The summed E-state index contributed by atoms with van der Waals surface area (Å²) >= 11 is 1.75. The van der Waals surface area contributed by atoms with Gasteiger partial charge in [-0.2, -0.15) is 5.10 Å². The molecular formula is C9H16N4S. The van der Waals surface area contributed by atoms with E-state index in [2.05, 4.69) is 20.5 Å². The summed E-state index contributed by atoms with van der Waals surface area (Å²) in [7, 11) is 0. The lowest BCUT2D eigenvalue weighted by molar-refractivity contribution is 0.394. The first-order valence-electron chi connectivity index (χ1n) is 5.17. The Bertz CT molecular complexity index is 243. The zero-order valence-electron chi connectivity index (χ0n) is 8.20. The Morgan fingerprint density at radius 3 is 3.21 bits per heavy atom. The number of thioether (sulfide) groups is 1. The maximum Gasteiger partial charge on any atom is 0.183 e. The molecule has 2 heterocycles. The number of hydrogen-bond donors (Lipinski definition) is 2. The van der Waals surface area contributed by atoms with Crippen LogP contribution >= 0.6 is 11.8 Å². The highest BCUT2D eigenvalue weighted by atomic mass is 32.2.